The van der Waals surface area contributed by atoms with Crippen molar-refractivity contribution in [3.05, 3.63) is 17.7 Å². The Morgan fingerprint density at radius 3 is 3.29 bits per heavy atom. The van der Waals surface area contributed by atoms with E-state index >= 15 is 0 Å². The van der Waals surface area contributed by atoms with E-state index in [2.05, 4.69) is 16.5 Å². The van der Waals surface area contributed by atoms with Gasteiger partial charge in [0.1, 0.15) is 0 Å². The quantitative estimate of drug-likeness (QED) is 0.541. The van der Waals surface area contributed by atoms with Crippen molar-refractivity contribution in [1.82, 2.24) is 9.55 Å². The number of nitrogens with one attached hydrogen (secondary N) is 1. The zero-order valence-electron chi connectivity index (χ0n) is 8.45. The van der Waals surface area contributed by atoms with E-state index in [-0.39, 0.29) is 5.84 Å². The molecule has 0 spiro atoms. The fourth-order valence-electron chi connectivity index (χ4n) is 2.03. The number of nitrogens with two attached hydrogens (primary N) is 1. The van der Waals surface area contributed by atoms with Crippen molar-refractivity contribution in [2.45, 2.75) is 32.7 Å². The molecule has 0 saturated heterocycles. The lowest BCUT2D eigenvalue weighted by molar-refractivity contribution is 0.398. The van der Waals surface area contributed by atoms with Crippen LogP contribution < -0.4 is 5.73 Å². The molecule has 0 amide bonds. The van der Waals surface area contributed by atoms with Crippen molar-refractivity contribution in [2.75, 3.05) is 0 Å². The average molecular weight is 192 g/mol. The van der Waals surface area contributed by atoms with Crippen LogP contribution in [0.2, 0.25) is 0 Å². The van der Waals surface area contributed by atoms with Crippen molar-refractivity contribution < 1.29 is 0 Å². The first-order valence-corrected chi connectivity index (χ1v) is 5.02. The smallest absolute Gasteiger partial charge is 0.0966 e. The summed E-state index contributed by atoms with van der Waals surface area (Å²) >= 11 is 0. The molecule has 1 unspecified atom stereocenters. The number of amidine groups is 1. The van der Waals surface area contributed by atoms with Crippen molar-refractivity contribution in [3.63, 3.8) is 0 Å². The third-order valence-corrected chi connectivity index (χ3v) is 2.77. The summed E-state index contributed by atoms with van der Waals surface area (Å²) < 4.78 is 2.20. The van der Waals surface area contributed by atoms with Gasteiger partial charge in [0.15, 0.2) is 0 Å². The first kappa shape index (κ1) is 9.24. The molecule has 0 aliphatic carbocycles. The molecule has 0 radical (unpaired) electrons. The van der Waals surface area contributed by atoms with Gasteiger partial charge < -0.3 is 10.3 Å². The van der Waals surface area contributed by atoms with Crippen LogP contribution in [0, 0.1) is 11.3 Å². The van der Waals surface area contributed by atoms with Gasteiger partial charge in [0.2, 0.25) is 0 Å². The monoisotopic (exact) mass is 192 g/mol. The molecule has 0 fully saturated rings. The molecular formula is C10H16N4. The van der Waals surface area contributed by atoms with E-state index in [0.29, 0.717) is 6.42 Å². The Kier molecular flexibility index (Phi) is 2.27. The van der Waals surface area contributed by atoms with Crippen molar-refractivity contribution in [2.24, 2.45) is 11.7 Å². The van der Waals surface area contributed by atoms with Crippen LogP contribution in [0.4, 0.5) is 0 Å². The third kappa shape index (κ3) is 1.64. The van der Waals surface area contributed by atoms with E-state index in [0.717, 1.165) is 24.6 Å². The van der Waals surface area contributed by atoms with Crippen LogP contribution in [0.25, 0.3) is 0 Å². The van der Waals surface area contributed by atoms with Crippen molar-refractivity contribution >= 4 is 5.84 Å². The van der Waals surface area contributed by atoms with Gasteiger partial charge in [-0.05, 0) is 18.8 Å². The fraction of sp³-hybridized carbons (Fsp3) is 0.600. The Labute approximate surface area is 83.6 Å². The van der Waals surface area contributed by atoms with Crippen LogP contribution in [0.15, 0.2) is 6.33 Å². The van der Waals surface area contributed by atoms with E-state index in [1.165, 1.54) is 12.1 Å². The molecule has 1 atom stereocenters. The highest BCUT2D eigenvalue weighted by Gasteiger charge is 2.18. The first-order valence-electron chi connectivity index (χ1n) is 5.02. The highest BCUT2D eigenvalue weighted by Crippen LogP contribution is 2.21. The molecule has 4 nitrogen and oxygen atoms in total. The Bertz CT molecular complexity index is 353. The summed E-state index contributed by atoms with van der Waals surface area (Å²) in [5, 5.41) is 7.26. The van der Waals surface area contributed by atoms with E-state index in [4.69, 9.17) is 11.1 Å². The van der Waals surface area contributed by atoms with Gasteiger partial charge in [-0.3, -0.25) is 5.41 Å². The maximum atomic E-state index is 7.26. The van der Waals surface area contributed by atoms with E-state index < -0.39 is 0 Å². The van der Waals surface area contributed by atoms with Crippen LogP contribution in [-0.4, -0.2) is 15.4 Å². The summed E-state index contributed by atoms with van der Waals surface area (Å²) in [5.41, 5.74) is 7.64. The van der Waals surface area contributed by atoms with Gasteiger partial charge >= 0.3 is 0 Å². The van der Waals surface area contributed by atoms with E-state index in [1.54, 1.807) is 0 Å². The van der Waals surface area contributed by atoms with Crippen molar-refractivity contribution in [3.8, 4) is 0 Å². The lowest BCUT2D eigenvalue weighted by Gasteiger charge is -2.21. The molecule has 1 aliphatic heterocycles. The van der Waals surface area contributed by atoms with Gasteiger partial charge in [-0.25, -0.2) is 4.98 Å². The zero-order chi connectivity index (χ0) is 10.1. The lowest BCUT2D eigenvalue weighted by atomic mass is 9.98. The predicted molar refractivity (Wildman–Crippen MR) is 55.3 cm³/mol. The Hall–Kier alpha value is -1.32. The molecule has 0 aromatic carbocycles. The molecule has 1 aromatic rings. The molecular weight excluding hydrogens is 176 g/mol. The second-order valence-corrected chi connectivity index (χ2v) is 4.14. The van der Waals surface area contributed by atoms with Gasteiger partial charge in [-0.2, -0.15) is 0 Å². The molecule has 76 valence electrons. The van der Waals surface area contributed by atoms with E-state index in [1.807, 2.05) is 6.33 Å². The maximum Gasteiger partial charge on any atom is 0.0966 e. The first-order chi connectivity index (χ1) is 6.66. The molecule has 14 heavy (non-hydrogen) atoms. The molecule has 2 rings (SSSR count). The highest BCUT2D eigenvalue weighted by atomic mass is 15.1. The standard InChI is InChI=1S/C10H16N4/c1-7-2-3-9-8(4-10(11)12)13-6-14(9)5-7/h6-7H,2-5H2,1H3,(H3,11,12). The summed E-state index contributed by atoms with van der Waals surface area (Å²) in [6.07, 6.45) is 4.67. The van der Waals surface area contributed by atoms with E-state index in [9.17, 15) is 0 Å². The third-order valence-electron chi connectivity index (χ3n) is 2.77. The van der Waals surface area contributed by atoms with Crippen molar-refractivity contribution in [1.29, 1.82) is 5.41 Å². The fourth-order valence-corrected chi connectivity index (χ4v) is 2.03. The van der Waals surface area contributed by atoms with Gasteiger partial charge in [0.25, 0.3) is 0 Å². The van der Waals surface area contributed by atoms with Gasteiger partial charge in [-0.1, -0.05) is 6.92 Å². The van der Waals surface area contributed by atoms with Gasteiger partial charge in [-0.15, -0.1) is 0 Å². The summed E-state index contributed by atoms with van der Waals surface area (Å²) in [4.78, 5) is 4.31. The van der Waals surface area contributed by atoms with Crippen LogP contribution in [0.3, 0.4) is 0 Å². The summed E-state index contributed by atoms with van der Waals surface area (Å²) in [5.74, 6) is 0.937. The Morgan fingerprint density at radius 2 is 2.57 bits per heavy atom. The number of rotatable bonds is 2. The normalized spacial score (nSPS) is 20.5. The topological polar surface area (TPSA) is 67.7 Å². The Morgan fingerprint density at radius 1 is 1.79 bits per heavy atom. The summed E-state index contributed by atoms with van der Waals surface area (Å²) in [6, 6.07) is 0. The molecule has 1 aliphatic rings. The van der Waals surface area contributed by atoms with Crippen LogP contribution >= 0.6 is 0 Å². The minimum Gasteiger partial charge on any atom is -0.387 e. The second kappa shape index (κ2) is 3.44. The van der Waals surface area contributed by atoms with Gasteiger partial charge in [0.05, 0.1) is 17.9 Å². The highest BCUT2D eigenvalue weighted by molar-refractivity contribution is 5.79. The number of fused-ring (bicyclic) bond motifs is 1. The van der Waals surface area contributed by atoms with Crippen LogP contribution in [0.1, 0.15) is 24.7 Å². The van der Waals surface area contributed by atoms with Crippen LogP contribution in [0.5, 0.6) is 0 Å². The minimum atomic E-state index is 0.199. The summed E-state index contributed by atoms with van der Waals surface area (Å²) in [7, 11) is 0. The number of imidazole rings is 1. The minimum absolute atomic E-state index is 0.199. The molecule has 2 heterocycles. The summed E-state index contributed by atoms with van der Waals surface area (Å²) in [6.45, 7) is 3.31. The zero-order valence-corrected chi connectivity index (χ0v) is 8.45. The number of hydrogen-bond acceptors (Lipinski definition) is 2. The lowest BCUT2D eigenvalue weighted by Crippen LogP contribution is -2.19. The molecule has 0 bridgehead atoms. The average Bonchev–Trinajstić information content (AvgIpc) is 2.47. The SMILES string of the molecule is CC1CCc2c(CC(=N)N)ncn2C1. The molecule has 1 aromatic heterocycles. The maximum absolute atomic E-state index is 7.26. The largest absolute Gasteiger partial charge is 0.387 e. The van der Waals surface area contributed by atoms with Crippen LogP contribution in [-0.2, 0) is 19.4 Å². The molecule has 4 heteroatoms. The number of aromatic nitrogens is 2. The van der Waals surface area contributed by atoms with Gasteiger partial charge in [0, 0.05) is 18.7 Å². The molecule has 0 saturated carbocycles. The predicted octanol–water partition coefficient (Wildman–Crippen LogP) is 0.944. The number of nitrogens with zero attached hydrogens (tertiary/aromatic N) is 2. The molecule has 3 N–H and O–H groups in total. The number of hydrogen-bond donors (Lipinski definition) is 2. The second-order valence-electron chi connectivity index (χ2n) is 4.14. The Balaban J connectivity index is 2.24.